The van der Waals surface area contributed by atoms with Crippen molar-refractivity contribution in [1.82, 2.24) is 15.5 Å². The number of anilines is 2. The molecule has 7 heteroatoms. The van der Waals surface area contributed by atoms with Gasteiger partial charge in [0.1, 0.15) is 0 Å². The molecule has 0 saturated heterocycles. The maximum absolute atomic E-state index is 10.9. The van der Waals surface area contributed by atoms with E-state index in [1.54, 1.807) is 19.0 Å². The van der Waals surface area contributed by atoms with Crippen molar-refractivity contribution in [2.75, 3.05) is 31.3 Å². The van der Waals surface area contributed by atoms with E-state index in [2.05, 4.69) is 15.5 Å². The molecular weight excluding hydrogens is 186 g/mol. The number of carbonyl (C=O) groups is 1. The largest absolute Gasteiger partial charge is 0.390 e. The molecule has 0 spiro atoms. The summed E-state index contributed by atoms with van der Waals surface area (Å²) in [5.41, 5.74) is 5.25. The second-order valence-electron chi connectivity index (χ2n) is 2.77. The molecule has 1 aromatic rings. The quantitative estimate of drug-likeness (QED) is 0.660. The minimum Gasteiger partial charge on any atom is -0.390 e. The number of carbonyl (C=O) groups excluding carboxylic acids is 1. The van der Waals surface area contributed by atoms with E-state index in [1.165, 1.54) is 0 Å². The first-order chi connectivity index (χ1) is 6.63. The van der Waals surface area contributed by atoms with Gasteiger partial charge < -0.3 is 20.4 Å². The Hall–Kier alpha value is -1.79. The Balaban J connectivity index is 2.42. The number of rotatable bonds is 4. The highest BCUT2D eigenvalue weighted by atomic mass is 16.4. The Labute approximate surface area is 81.3 Å². The molecule has 0 fully saturated rings. The van der Waals surface area contributed by atoms with Gasteiger partial charge in [0.2, 0.25) is 5.91 Å². The average Bonchev–Trinajstić information content (AvgIpc) is 2.60. The van der Waals surface area contributed by atoms with Crippen LogP contribution in [0.5, 0.6) is 0 Å². The molecular formula is C7H13N5O2. The lowest BCUT2D eigenvalue weighted by atomic mass is 10.4. The number of aromatic nitrogens is 2. The summed E-state index contributed by atoms with van der Waals surface area (Å²) >= 11 is 0. The fraction of sp³-hybridized carbons (Fsp3) is 0.571. The molecule has 0 bridgehead atoms. The molecule has 1 amide bonds. The predicted molar refractivity (Wildman–Crippen MR) is 50.7 cm³/mol. The number of nitrogens with one attached hydrogen (secondary N) is 1. The van der Waals surface area contributed by atoms with Crippen molar-refractivity contribution in [3.05, 3.63) is 0 Å². The van der Waals surface area contributed by atoms with E-state index in [1.807, 2.05) is 0 Å². The highest BCUT2D eigenvalue weighted by Gasteiger charge is 2.09. The van der Waals surface area contributed by atoms with Crippen LogP contribution in [-0.2, 0) is 4.79 Å². The Morgan fingerprint density at radius 1 is 1.64 bits per heavy atom. The molecule has 3 N–H and O–H groups in total. The van der Waals surface area contributed by atoms with Gasteiger partial charge in [0, 0.05) is 27.1 Å². The Bertz CT molecular complexity index is 311. The number of nitrogens with two attached hydrogens (primary N) is 1. The maximum Gasteiger partial charge on any atom is 0.319 e. The van der Waals surface area contributed by atoms with E-state index < -0.39 is 0 Å². The zero-order chi connectivity index (χ0) is 10.6. The average molecular weight is 199 g/mol. The van der Waals surface area contributed by atoms with E-state index in [-0.39, 0.29) is 11.9 Å². The molecule has 0 aliphatic heterocycles. The van der Waals surface area contributed by atoms with Gasteiger partial charge in [-0.2, -0.15) is 0 Å². The monoisotopic (exact) mass is 199 g/mol. The van der Waals surface area contributed by atoms with Gasteiger partial charge in [-0.1, -0.05) is 10.2 Å². The molecule has 0 saturated carbocycles. The zero-order valence-corrected chi connectivity index (χ0v) is 8.15. The molecule has 0 unspecified atom stereocenters. The van der Waals surface area contributed by atoms with E-state index in [9.17, 15) is 4.79 Å². The minimum absolute atomic E-state index is 0.0202. The lowest BCUT2D eigenvalue weighted by Crippen LogP contribution is -2.26. The van der Waals surface area contributed by atoms with Gasteiger partial charge >= 0.3 is 12.0 Å². The molecule has 0 aromatic carbocycles. The summed E-state index contributed by atoms with van der Waals surface area (Å²) in [6.07, 6.45) is 0.370. The van der Waals surface area contributed by atoms with Gasteiger partial charge in [-0.15, -0.1) is 0 Å². The topological polar surface area (TPSA) is 97.3 Å². The second kappa shape index (κ2) is 4.45. The van der Waals surface area contributed by atoms with Crippen molar-refractivity contribution in [1.29, 1.82) is 0 Å². The van der Waals surface area contributed by atoms with Crippen molar-refractivity contribution in [2.45, 2.75) is 6.42 Å². The first-order valence-electron chi connectivity index (χ1n) is 4.14. The summed E-state index contributed by atoms with van der Waals surface area (Å²) in [5.74, 6) is -0.0377. The van der Waals surface area contributed by atoms with Crippen molar-refractivity contribution in [3.63, 3.8) is 0 Å². The van der Waals surface area contributed by atoms with Gasteiger partial charge in [-0.25, -0.2) is 0 Å². The number of hydrogen-bond donors (Lipinski definition) is 2. The first kappa shape index (κ1) is 10.3. The fourth-order valence-electron chi connectivity index (χ4n) is 0.871. The van der Waals surface area contributed by atoms with Crippen LogP contribution in [0.15, 0.2) is 4.42 Å². The maximum atomic E-state index is 10.9. The van der Waals surface area contributed by atoms with E-state index in [4.69, 9.17) is 10.2 Å². The van der Waals surface area contributed by atoms with Gasteiger partial charge in [0.25, 0.3) is 0 Å². The van der Waals surface area contributed by atoms with Gasteiger partial charge in [0.05, 0.1) is 0 Å². The lowest BCUT2D eigenvalue weighted by molar-refractivity contribution is -0.120. The fourth-order valence-corrected chi connectivity index (χ4v) is 0.871. The molecule has 78 valence electrons. The highest BCUT2D eigenvalue weighted by molar-refractivity contribution is 5.76. The van der Waals surface area contributed by atoms with Crippen LogP contribution in [0.1, 0.15) is 6.42 Å². The summed E-state index contributed by atoms with van der Waals surface area (Å²) in [7, 11) is 3.34. The molecule has 0 aliphatic rings. The summed E-state index contributed by atoms with van der Waals surface area (Å²) in [4.78, 5) is 12.6. The third-order valence-corrected chi connectivity index (χ3v) is 1.71. The van der Waals surface area contributed by atoms with Crippen LogP contribution in [-0.4, -0.2) is 36.7 Å². The number of amides is 1. The SMILES string of the molecule is CNC(=O)CCN(C)c1nnc(N)o1. The standard InChI is InChI=1S/C7H13N5O2/c1-9-5(13)3-4-12(2)7-11-10-6(8)14-7/h3-4H2,1-2H3,(H2,8,10)(H,9,13). The van der Waals surface area contributed by atoms with Gasteiger partial charge in [0.15, 0.2) is 0 Å². The smallest absolute Gasteiger partial charge is 0.319 e. The van der Waals surface area contributed by atoms with Crippen molar-refractivity contribution < 1.29 is 9.21 Å². The van der Waals surface area contributed by atoms with Crippen LogP contribution in [0.2, 0.25) is 0 Å². The Kier molecular flexibility index (Phi) is 3.27. The van der Waals surface area contributed by atoms with Crippen LogP contribution >= 0.6 is 0 Å². The summed E-state index contributed by atoms with van der Waals surface area (Å²) in [6, 6.07) is 0.332. The van der Waals surface area contributed by atoms with Gasteiger partial charge in [-0.3, -0.25) is 4.79 Å². The number of nitrogens with zero attached hydrogens (tertiary/aromatic N) is 3. The minimum atomic E-state index is -0.0377. The van der Waals surface area contributed by atoms with E-state index >= 15 is 0 Å². The van der Waals surface area contributed by atoms with Crippen LogP contribution in [0.4, 0.5) is 12.0 Å². The number of hydrogen-bond acceptors (Lipinski definition) is 6. The van der Waals surface area contributed by atoms with Crippen molar-refractivity contribution in [2.24, 2.45) is 0 Å². The normalized spacial score (nSPS) is 9.86. The molecule has 0 atom stereocenters. The van der Waals surface area contributed by atoms with E-state index in [0.717, 1.165) is 0 Å². The predicted octanol–water partition coefficient (Wildman–Crippen LogP) is -0.776. The summed E-state index contributed by atoms with van der Waals surface area (Å²) < 4.78 is 4.96. The number of nitrogen functional groups attached to an aromatic ring is 1. The molecule has 1 heterocycles. The zero-order valence-electron chi connectivity index (χ0n) is 8.15. The van der Waals surface area contributed by atoms with E-state index in [0.29, 0.717) is 19.0 Å². The molecule has 7 nitrogen and oxygen atoms in total. The molecule has 14 heavy (non-hydrogen) atoms. The van der Waals surface area contributed by atoms with Crippen LogP contribution in [0.25, 0.3) is 0 Å². The first-order valence-corrected chi connectivity index (χ1v) is 4.14. The summed E-state index contributed by atoms with van der Waals surface area (Å²) in [6.45, 7) is 0.501. The van der Waals surface area contributed by atoms with Crippen LogP contribution in [0.3, 0.4) is 0 Å². The Morgan fingerprint density at radius 3 is 2.86 bits per heavy atom. The van der Waals surface area contributed by atoms with Crippen LogP contribution in [0, 0.1) is 0 Å². The second-order valence-corrected chi connectivity index (χ2v) is 2.77. The van der Waals surface area contributed by atoms with Crippen molar-refractivity contribution in [3.8, 4) is 0 Å². The highest BCUT2D eigenvalue weighted by Crippen LogP contribution is 2.10. The molecule has 0 aliphatic carbocycles. The van der Waals surface area contributed by atoms with Crippen LogP contribution < -0.4 is 16.0 Å². The van der Waals surface area contributed by atoms with Gasteiger partial charge in [-0.05, 0) is 0 Å². The molecule has 1 rings (SSSR count). The lowest BCUT2D eigenvalue weighted by Gasteiger charge is -2.12. The van der Waals surface area contributed by atoms with Crippen molar-refractivity contribution >= 4 is 17.9 Å². The third-order valence-electron chi connectivity index (χ3n) is 1.71. The third kappa shape index (κ3) is 2.61. The molecule has 1 aromatic heterocycles. The summed E-state index contributed by atoms with van der Waals surface area (Å²) in [5, 5.41) is 9.70. The Morgan fingerprint density at radius 2 is 2.36 bits per heavy atom. The molecule has 0 radical (unpaired) electrons.